The lowest BCUT2D eigenvalue weighted by Gasteiger charge is -2.44. The second-order valence-corrected chi connectivity index (χ2v) is 7.58. The van der Waals surface area contributed by atoms with Crippen LogP contribution in [0.2, 0.25) is 0 Å². The van der Waals surface area contributed by atoms with E-state index in [-0.39, 0.29) is 0 Å². The Hall–Kier alpha value is -1.39. The molecule has 1 aliphatic carbocycles. The fourth-order valence-corrected chi connectivity index (χ4v) is 3.93. The Bertz CT molecular complexity index is 584. The first-order valence-corrected chi connectivity index (χ1v) is 8.03. The van der Waals surface area contributed by atoms with E-state index in [1.807, 2.05) is 45.0 Å². The van der Waals surface area contributed by atoms with Gasteiger partial charge < -0.3 is 15.2 Å². The van der Waals surface area contributed by atoms with E-state index < -0.39 is 22.6 Å². The van der Waals surface area contributed by atoms with Crippen LogP contribution >= 0.6 is 0 Å². The van der Waals surface area contributed by atoms with E-state index in [1.54, 1.807) is 0 Å². The van der Waals surface area contributed by atoms with Gasteiger partial charge in [0.25, 0.3) is 0 Å². The number of rotatable bonds is 1. The highest BCUT2D eigenvalue weighted by Gasteiger charge is 2.62. The maximum Gasteiger partial charge on any atom is 0.343 e. The number of hydrogen-bond donors (Lipinski definition) is 2. The minimum absolute atomic E-state index is 0.454. The minimum Gasteiger partial charge on any atom is -0.458 e. The van der Waals surface area contributed by atoms with Gasteiger partial charge >= 0.3 is 5.97 Å². The molecule has 2 N–H and O–H groups in total. The van der Waals surface area contributed by atoms with Crippen molar-refractivity contribution >= 4 is 5.97 Å². The summed E-state index contributed by atoms with van der Waals surface area (Å²) in [5.41, 5.74) is -0.814. The number of nitrogens with one attached hydrogen (secondary N) is 1. The van der Waals surface area contributed by atoms with E-state index in [9.17, 15) is 9.90 Å². The zero-order valence-electron chi connectivity index (χ0n) is 13.6. The van der Waals surface area contributed by atoms with Crippen molar-refractivity contribution in [2.24, 2.45) is 5.41 Å². The van der Waals surface area contributed by atoms with Gasteiger partial charge in [-0.15, -0.1) is 0 Å². The maximum absolute atomic E-state index is 12.9. The van der Waals surface area contributed by atoms with Crippen LogP contribution in [0.1, 0.15) is 44.7 Å². The Morgan fingerprint density at radius 3 is 2.50 bits per heavy atom. The predicted molar refractivity (Wildman–Crippen MR) is 84.4 cm³/mol. The molecule has 0 radical (unpaired) electrons. The van der Waals surface area contributed by atoms with Crippen LogP contribution in [0.3, 0.4) is 0 Å². The number of carbonyl (C=O) groups is 1. The van der Waals surface area contributed by atoms with E-state index in [2.05, 4.69) is 5.32 Å². The molecule has 1 aromatic carbocycles. The molecule has 1 saturated heterocycles. The summed E-state index contributed by atoms with van der Waals surface area (Å²) in [7, 11) is 0. The molecule has 1 spiro atoms. The molecular weight excluding hydrogens is 278 g/mol. The number of fused-ring (bicyclic) bond motifs is 1. The summed E-state index contributed by atoms with van der Waals surface area (Å²) in [6, 6.07) is 7.74. The molecule has 1 aliphatic heterocycles. The lowest BCUT2D eigenvalue weighted by atomic mass is 9.66. The first-order chi connectivity index (χ1) is 10.3. The van der Waals surface area contributed by atoms with Crippen LogP contribution in [0.5, 0.6) is 0 Å². The lowest BCUT2D eigenvalue weighted by Crippen LogP contribution is -2.55. The quantitative estimate of drug-likeness (QED) is 0.781. The zero-order chi connectivity index (χ0) is 16.0. The van der Waals surface area contributed by atoms with Crippen LogP contribution < -0.4 is 5.32 Å². The van der Waals surface area contributed by atoms with Gasteiger partial charge in [0.05, 0.1) is 0 Å². The number of aliphatic hydroxyl groups is 1. The average molecular weight is 303 g/mol. The monoisotopic (exact) mass is 303 g/mol. The number of esters is 1. The largest absolute Gasteiger partial charge is 0.458 e. The van der Waals surface area contributed by atoms with Crippen molar-refractivity contribution in [3.05, 3.63) is 35.4 Å². The van der Waals surface area contributed by atoms with Gasteiger partial charge in [-0.2, -0.15) is 0 Å². The van der Waals surface area contributed by atoms with Gasteiger partial charge in [0, 0.05) is 5.41 Å². The fourth-order valence-electron chi connectivity index (χ4n) is 3.93. The van der Waals surface area contributed by atoms with E-state index >= 15 is 0 Å². The number of hydrogen-bond acceptors (Lipinski definition) is 4. The minimum atomic E-state index is -1.54. The number of piperidine rings is 1. The Kier molecular flexibility index (Phi) is 3.57. The molecule has 4 nitrogen and oxygen atoms in total. The van der Waals surface area contributed by atoms with Crippen LogP contribution in [0, 0.1) is 5.41 Å². The van der Waals surface area contributed by atoms with Crippen molar-refractivity contribution < 1.29 is 14.6 Å². The third-order valence-electron chi connectivity index (χ3n) is 4.96. The van der Waals surface area contributed by atoms with Gasteiger partial charge in [0.1, 0.15) is 5.60 Å². The smallest absolute Gasteiger partial charge is 0.343 e. The molecule has 22 heavy (non-hydrogen) atoms. The highest BCUT2D eigenvalue weighted by atomic mass is 16.6. The van der Waals surface area contributed by atoms with Crippen LogP contribution in [-0.4, -0.2) is 29.8 Å². The van der Waals surface area contributed by atoms with Crippen LogP contribution in [-0.2, 0) is 21.6 Å². The Morgan fingerprint density at radius 1 is 1.23 bits per heavy atom. The molecule has 0 unspecified atom stereocenters. The van der Waals surface area contributed by atoms with E-state index in [4.69, 9.17) is 4.74 Å². The summed E-state index contributed by atoms with van der Waals surface area (Å²) in [6.45, 7) is 7.15. The molecule has 0 bridgehead atoms. The van der Waals surface area contributed by atoms with Gasteiger partial charge in [0.2, 0.25) is 0 Å². The topological polar surface area (TPSA) is 58.6 Å². The van der Waals surface area contributed by atoms with Crippen LogP contribution in [0.25, 0.3) is 0 Å². The van der Waals surface area contributed by atoms with E-state index in [0.717, 1.165) is 43.5 Å². The molecule has 0 amide bonds. The third kappa shape index (κ3) is 2.25. The molecule has 3 rings (SSSR count). The summed E-state index contributed by atoms with van der Waals surface area (Å²) in [5, 5.41) is 14.9. The second-order valence-electron chi connectivity index (χ2n) is 7.58. The highest BCUT2D eigenvalue weighted by molar-refractivity contribution is 5.84. The Labute approximate surface area is 131 Å². The molecule has 1 atom stereocenters. The van der Waals surface area contributed by atoms with Crippen molar-refractivity contribution in [2.45, 2.75) is 51.2 Å². The summed E-state index contributed by atoms with van der Waals surface area (Å²) in [4.78, 5) is 12.9. The highest BCUT2D eigenvalue weighted by Crippen LogP contribution is 2.55. The van der Waals surface area contributed by atoms with Crippen molar-refractivity contribution in [1.82, 2.24) is 5.32 Å². The molecule has 4 heteroatoms. The molecule has 0 saturated carbocycles. The van der Waals surface area contributed by atoms with E-state index in [1.165, 1.54) is 0 Å². The lowest BCUT2D eigenvalue weighted by molar-refractivity contribution is -0.196. The van der Waals surface area contributed by atoms with Crippen molar-refractivity contribution in [3.63, 3.8) is 0 Å². The van der Waals surface area contributed by atoms with Crippen LogP contribution in [0.15, 0.2) is 24.3 Å². The van der Waals surface area contributed by atoms with Gasteiger partial charge in [0.15, 0.2) is 5.60 Å². The van der Waals surface area contributed by atoms with Gasteiger partial charge in [-0.1, -0.05) is 24.3 Å². The van der Waals surface area contributed by atoms with Gasteiger partial charge in [-0.25, -0.2) is 4.79 Å². The predicted octanol–water partition coefficient (Wildman–Crippen LogP) is 2.14. The van der Waals surface area contributed by atoms with Crippen molar-refractivity contribution in [2.75, 3.05) is 13.1 Å². The van der Waals surface area contributed by atoms with Crippen molar-refractivity contribution in [1.29, 1.82) is 0 Å². The fraction of sp³-hybridized carbons (Fsp3) is 0.611. The summed E-state index contributed by atoms with van der Waals surface area (Å²) in [6.07, 6.45) is 2.29. The molecule has 0 aromatic heterocycles. The summed E-state index contributed by atoms with van der Waals surface area (Å²) in [5.74, 6) is -0.508. The number of ether oxygens (including phenoxy) is 1. The first kappa shape index (κ1) is 15.5. The summed E-state index contributed by atoms with van der Waals surface area (Å²) >= 11 is 0. The van der Waals surface area contributed by atoms with Crippen LogP contribution in [0.4, 0.5) is 0 Å². The second kappa shape index (κ2) is 5.07. The SMILES string of the molecule is CC(C)(C)OC(=O)[C@]1(O)c2ccccc2CC12CCNCC2. The standard InChI is InChI=1S/C18H25NO3/c1-16(2,3)22-15(20)18(21)14-7-5-4-6-13(14)12-17(18)8-10-19-11-9-17/h4-7,19,21H,8-12H2,1-3H3/t18-/m1/s1. The molecule has 1 aromatic rings. The Balaban J connectivity index is 2.08. The third-order valence-corrected chi connectivity index (χ3v) is 4.96. The van der Waals surface area contributed by atoms with Gasteiger partial charge in [-0.05, 0) is 64.3 Å². The zero-order valence-corrected chi connectivity index (χ0v) is 13.6. The van der Waals surface area contributed by atoms with Crippen molar-refractivity contribution in [3.8, 4) is 0 Å². The normalized spacial score (nSPS) is 26.7. The summed E-state index contributed by atoms with van der Waals surface area (Å²) < 4.78 is 5.60. The first-order valence-electron chi connectivity index (χ1n) is 8.03. The van der Waals surface area contributed by atoms with Gasteiger partial charge in [-0.3, -0.25) is 0 Å². The average Bonchev–Trinajstić information content (AvgIpc) is 2.69. The molecule has 120 valence electrons. The number of benzene rings is 1. The maximum atomic E-state index is 12.9. The molecule has 1 heterocycles. The molecule has 2 aliphatic rings. The Morgan fingerprint density at radius 2 is 1.86 bits per heavy atom. The van der Waals surface area contributed by atoms with E-state index in [0.29, 0.717) is 0 Å². The molecule has 1 fully saturated rings. The number of carbonyl (C=O) groups excluding carboxylic acids is 1. The molecular formula is C18H25NO3.